The molecule has 1 aromatic heterocycles. The van der Waals surface area contributed by atoms with E-state index in [1.165, 1.54) is 11.3 Å². The topological polar surface area (TPSA) is 77.5 Å². The second-order valence-electron chi connectivity index (χ2n) is 7.31. The van der Waals surface area contributed by atoms with E-state index in [4.69, 9.17) is 14.5 Å². The lowest BCUT2D eigenvalue weighted by Gasteiger charge is -2.14. The summed E-state index contributed by atoms with van der Waals surface area (Å²) in [6.07, 6.45) is 3.27. The number of allylic oxidation sites excluding steroid dienone is 1. The van der Waals surface area contributed by atoms with Crippen LogP contribution in [0.2, 0.25) is 0 Å². The Morgan fingerprint density at radius 1 is 1.16 bits per heavy atom. The fraction of sp³-hybridized carbons (Fsp3) is 0.240. The number of ether oxygens (including phenoxy) is 2. The van der Waals surface area contributed by atoms with Crippen LogP contribution in [0.1, 0.15) is 34.3 Å². The quantitative estimate of drug-likeness (QED) is 0.537. The lowest BCUT2D eigenvalue weighted by Crippen LogP contribution is -2.28. The summed E-state index contributed by atoms with van der Waals surface area (Å²) in [6.45, 7) is 2.32. The van der Waals surface area contributed by atoms with Crippen LogP contribution in [0.15, 0.2) is 54.1 Å². The number of benzene rings is 2. The number of carbonyl (C=O) groups is 2. The number of Topliss-reactive ketones (excluding diaryl/α,β-unsaturated/α-hetero) is 1. The Bertz CT molecular complexity index is 1170. The largest absolute Gasteiger partial charge is 0.493 e. The molecule has 32 heavy (non-hydrogen) atoms. The highest BCUT2D eigenvalue weighted by atomic mass is 32.1. The Hall–Kier alpha value is -3.45. The lowest BCUT2D eigenvalue weighted by atomic mass is 9.94. The van der Waals surface area contributed by atoms with E-state index in [9.17, 15) is 9.59 Å². The average molecular weight is 449 g/mol. The molecule has 0 saturated heterocycles. The van der Waals surface area contributed by atoms with Gasteiger partial charge in [0.2, 0.25) is 5.78 Å². The maximum absolute atomic E-state index is 13.1. The summed E-state index contributed by atoms with van der Waals surface area (Å²) >= 11 is 1.45. The summed E-state index contributed by atoms with van der Waals surface area (Å²) in [5.74, 6) is 0.829. The van der Waals surface area contributed by atoms with Gasteiger partial charge in [-0.1, -0.05) is 36.4 Å². The van der Waals surface area contributed by atoms with E-state index >= 15 is 0 Å². The smallest absolute Gasteiger partial charge is 0.257 e. The first-order chi connectivity index (χ1) is 15.6. The van der Waals surface area contributed by atoms with Crippen molar-refractivity contribution in [3.63, 3.8) is 0 Å². The fourth-order valence-electron chi connectivity index (χ4n) is 3.54. The molecular weight excluding hydrogens is 424 g/mol. The number of hydrogen-bond acceptors (Lipinski definition) is 6. The van der Waals surface area contributed by atoms with Crippen LogP contribution >= 0.6 is 11.3 Å². The number of methoxy groups -OCH3 is 1. The van der Waals surface area contributed by atoms with Crippen molar-refractivity contribution >= 4 is 29.1 Å². The summed E-state index contributed by atoms with van der Waals surface area (Å²) in [6, 6.07) is 15.3. The lowest BCUT2D eigenvalue weighted by molar-refractivity contribution is -0.123. The van der Waals surface area contributed by atoms with Crippen LogP contribution < -0.4 is 14.8 Å². The van der Waals surface area contributed by atoms with Crippen molar-refractivity contribution in [3.8, 4) is 22.1 Å². The normalized spacial score (nSPS) is 14.2. The Balaban J connectivity index is 1.54. The molecule has 3 aromatic rings. The number of nitrogens with zero attached hydrogens (tertiary/aromatic N) is 1. The van der Waals surface area contributed by atoms with Gasteiger partial charge in [0.1, 0.15) is 5.01 Å². The molecule has 0 unspecified atom stereocenters. The van der Waals surface area contributed by atoms with Gasteiger partial charge in [-0.25, -0.2) is 4.98 Å². The summed E-state index contributed by atoms with van der Waals surface area (Å²) in [5, 5.41) is 3.56. The van der Waals surface area contributed by atoms with E-state index in [0.717, 1.165) is 38.7 Å². The van der Waals surface area contributed by atoms with Gasteiger partial charge >= 0.3 is 0 Å². The first kappa shape index (κ1) is 21.8. The van der Waals surface area contributed by atoms with E-state index in [0.29, 0.717) is 24.5 Å². The Kier molecular flexibility index (Phi) is 6.66. The number of fused-ring (bicyclic) bond motifs is 1. The molecule has 4 rings (SSSR count). The third-order valence-electron chi connectivity index (χ3n) is 5.11. The molecule has 0 bridgehead atoms. The minimum Gasteiger partial charge on any atom is -0.493 e. The summed E-state index contributed by atoms with van der Waals surface area (Å²) in [4.78, 5) is 30.2. The second-order valence-corrected chi connectivity index (χ2v) is 8.31. The third-order valence-corrected chi connectivity index (χ3v) is 6.25. The Morgan fingerprint density at radius 2 is 1.97 bits per heavy atom. The fourth-order valence-corrected chi connectivity index (χ4v) is 4.63. The molecule has 0 spiro atoms. The molecule has 0 saturated carbocycles. The number of rotatable bonds is 7. The molecule has 1 aliphatic carbocycles. The van der Waals surface area contributed by atoms with Crippen molar-refractivity contribution in [2.24, 2.45) is 0 Å². The van der Waals surface area contributed by atoms with E-state index in [1.807, 2.05) is 55.5 Å². The minimum atomic E-state index is -0.191. The summed E-state index contributed by atoms with van der Waals surface area (Å²) in [5.41, 5.74) is 3.49. The van der Waals surface area contributed by atoms with Crippen LogP contribution in [0.25, 0.3) is 16.6 Å². The molecule has 7 heteroatoms. The van der Waals surface area contributed by atoms with Crippen molar-refractivity contribution in [2.75, 3.05) is 20.3 Å². The zero-order valence-corrected chi connectivity index (χ0v) is 18.8. The van der Waals surface area contributed by atoms with Gasteiger partial charge in [0.25, 0.3) is 5.91 Å². The molecule has 0 aliphatic heterocycles. The van der Waals surface area contributed by atoms with Crippen molar-refractivity contribution in [1.29, 1.82) is 0 Å². The van der Waals surface area contributed by atoms with Gasteiger partial charge < -0.3 is 14.8 Å². The first-order valence-corrected chi connectivity index (χ1v) is 11.3. The SMILES string of the molecule is CCNC(=O)COc1ccc(C=C2CCc3nc(-c4ccccc4)sc3C2=O)cc1OC. The van der Waals surface area contributed by atoms with Gasteiger partial charge in [0, 0.05) is 17.7 Å². The predicted molar refractivity (Wildman–Crippen MR) is 125 cm³/mol. The van der Waals surface area contributed by atoms with E-state index in [-0.39, 0.29) is 18.3 Å². The molecule has 1 heterocycles. The maximum Gasteiger partial charge on any atom is 0.257 e. The zero-order chi connectivity index (χ0) is 22.5. The molecule has 1 aliphatic rings. The van der Waals surface area contributed by atoms with Crippen molar-refractivity contribution in [1.82, 2.24) is 10.3 Å². The number of carbonyl (C=O) groups excluding carboxylic acids is 2. The van der Waals surface area contributed by atoms with Crippen molar-refractivity contribution in [2.45, 2.75) is 19.8 Å². The second kappa shape index (κ2) is 9.78. The maximum atomic E-state index is 13.1. The highest BCUT2D eigenvalue weighted by Crippen LogP contribution is 2.36. The van der Waals surface area contributed by atoms with Crippen LogP contribution in [0, 0.1) is 0 Å². The Labute approximate surface area is 190 Å². The van der Waals surface area contributed by atoms with Crippen LogP contribution in [-0.4, -0.2) is 36.9 Å². The van der Waals surface area contributed by atoms with Gasteiger partial charge in [-0.15, -0.1) is 11.3 Å². The zero-order valence-electron chi connectivity index (χ0n) is 18.0. The van der Waals surface area contributed by atoms with Gasteiger partial charge in [-0.3, -0.25) is 9.59 Å². The van der Waals surface area contributed by atoms with Gasteiger partial charge in [0.15, 0.2) is 18.1 Å². The van der Waals surface area contributed by atoms with Gasteiger partial charge in [0.05, 0.1) is 17.7 Å². The Morgan fingerprint density at radius 3 is 2.72 bits per heavy atom. The highest BCUT2D eigenvalue weighted by Gasteiger charge is 2.26. The molecule has 0 fully saturated rings. The van der Waals surface area contributed by atoms with Crippen LogP contribution in [-0.2, 0) is 11.2 Å². The van der Waals surface area contributed by atoms with Crippen LogP contribution in [0.5, 0.6) is 11.5 Å². The minimum absolute atomic E-state index is 0.0291. The number of aryl methyl sites for hydroxylation is 1. The first-order valence-electron chi connectivity index (χ1n) is 10.5. The highest BCUT2D eigenvalue weighted by molar-refractivity contribution is 7.17. The molecule has 1 amide bonds. The standard InChI is InChI=1S/C25H24N2O4S/c1-3-26-22(28)15-31-20-12-9-16(14-21(20)30-2)13-18-10-11-19-24(23(18)29)32-25(27-19)17-7-5-4-6-8-17/h4-9,12-14H,3,10-11,15H2,1-2H3,(H,26,28). The number of aromatic nitrogens is 1. The van der Waals surface area contributed by atoms with Crippen molar-refractivity contribution in [3.05, 3.63) is 70.2 Å². The van der Waals surface area contributed by atoms with E-state index in [2.05, 4.69) is 5.32 Å². The number of hydrogen-bond donors (Lipinski definition) is 1. The summed E-state index contributed by atoms with van der Waals surface area (Å²) in [7, 11) is 1.55. The molecule has 1 N–H and O–H groups in total. The molecule has 0 atom stereocenters. The number of thiazole rings is 1. The predicted octanol–water partition coefficient (Wildman–Crippen LogP) is 4.55. The van der Waals surface area contributed by atoms with Crippen molar-refractivity contribution < 1.29 is 19.1 Å². The van der Waals surface area contributed by atoms with Gasteiger partial charge in [-0.2, -0.15) is 0 Å². The third kappa shape index (κ3) is 4.73. The summed E-state index contributed by atoms with van der Waals surface area (Å²) < 4.78 is 11.0. The molecule has 2 aromatic carbocycles. The van der Waals surface area contributed by atoms with Crippen LogP contribution in [0.3, 0.4) is 0 Å². The molecule has 6 nitrogen and oxygen atoms in total. The number of nitrogens with one attached hydrogen (secondary N) is 1. The van der Waals surface area contributed by atoms with E-state index in [1.54, 1.807) is 13.2 Å². The number of amides is 1. The molecular formula is C25H24N2O4S. The number of likely N-dealkylation sites (N-methyl/N-ethyl adjacent to an activating group) is 1. The average Bonchev–Trinajstić information content (AvgIpc) is 3.26. The van der Waals surface area contributed by atoms with Gasteiger partial charge in [-0.05, 0) is 43.5 Å². The monoisotopic (exact) mass is 448 g/mol. The molecule has 164 valence electrons. The van der Waals surface area contributed by atoms with E-state index < -0.39 is 0 Å². The molecule has 0 radical (unpaired) electrons. The van der Waals surface area contributed by atoms with Crippen LogP contribution in [0.4, 0.5) is 0 Å². The number of ketones is 1.